The van der Waals surface area contributed by atoms with Crippen LogP contribution in [0.3, 0.4) is 0 Å². The predicted octanol–water partition coefficient (Wildman–Crippen LogP) is 4.53. The number of nitrogens with zero attached hydrogens (tertiary/aromatic N) is 1. The second-order valence-electron chi connectivity index (χ2n) is 6.81. The fourth-order valence-electron chi connectivity index (χ4n) is 3.33. The van der Waals surface area contributed by atoms with Crippen molar-refractivity contribution >= 4 is 11.0 Å². The molecule has 2 aromatic carbocycles. The molecule has 0 atom stereocenters. The molecule has 3 rings (SSSR count). The number of hydrogen-bond donors (Lipinski definition) is 0. The highest BCUT2D eigenvalue weighted by molar-refractivity contribution is 5.80. The number of aryl methyl sites for hydroxylation is 1. The summed E-state index contributed by atoms with van der Waals surface area (Å²) in [4.78, 5) is 14.3. The van der Waals surface area contributed by atoms with E-state index in [9.17, 15) is 4.79 Å². The third-order valence-corrected chi connectivity index (χ3v) is 4.76. The van der Waals surface area contributed by atoms with Crippen LogP contribution in [0.4, 0.5) is 0 Å². The molecule has 0 aliphatic heterocycles. The van der Waals surface area contributed by atoms with Gasteiger partial charge in [0.15, 0.2) is 11.5 Å². The molecule has 0 N–H and O–H groups in total. The monoisotopic (exact) mass is 381 g/mol. The Morgan fingerprint density at radius 1 is 1.00 bits per heavy atom. The molecule has 0 saturated carbocycles. The first-order valence-electron chi connectivity index (χ1n) is 9.59. The highest BCUT2D eigenvalue weighted by atomic mass is 16.5. The van der Waals surface area contributed by atoms with Gasteiger partial charge in [-0.15, -0.1) is 0 Å². The lowest BCUT2D eigenvalue weighted by Gasteiger charge is -2.22. The lowest BCUT2D eigenvalue weighted by Crippen LogP contribution is -2.23. The van der Waals surface area contributed by atoms with Gasteiger partial charge in [-0.2, -0.15) is 0 Å². The van der Waals surface area contributed by atoms with E-state index in [1.165, 1.54) is 0 Å². The zero-order valence-electron chi connectivity index (χ0n) is 17.0. The first-order chi connectivity index (χ1) is 13.5. The van der Waals surface area contributed by atoms with Crippen molar-refractivity contribution in [3.05, 3.63) is 69.6 Å². The number of ether oxygens (including phenoxy) is 2. The number of rotatable bonds is 8. The normalized spacial score (nSPS) is 11.2. The van der Waals surface area contributed by atoms with Crippen LogP contribution in [0, 0.1) is 6.92 Å². The van der Waals surface area contributed by atoms with Gasteiger partial charge in [-0.05, 0) is 55.3 Å². The van der Waals surface area contributed by atoms with Crippen molar-refractivity contribution in [3.8, 4) is 11.5 Å². The largest absolute Gasteiger partial charge is 0.493 e. The predicted molar refractivity (Wildman–Crippen MR) is 111 cm³/mol. The molecule has 0 saturated heterocycles. The van der Waals surface area contributed by atoms with Crippen LogP contribution >= 0.6 is 0 Å². The van der Waals surface area contributed by atoms with Crippen molar-refractivity contribution in [2.24, 2.45) is 0 Å². The minimum atomic E-state index is -0.313. The second kappa shape index (κ2) is 8.93. The van der Waals surface area contributed by atoms with Crippen LogP contribution < -0.4 is 15.1 Å². The van der Waals surface area contributed by atoms with Gasteiger partial charge < -0.3 is 13.9 Å². The summed E-state index contributed by atoms with van der Waals surface area (Å²) >= 11 is 0. The van der Waals surface area contributed by atoms with Crippen molar-refractivity contribution in [3.63, 3.8) is 0 Å². The third kappa shape index (κ3) is 4.54. The Hall–Kier alpha value is -2.79. The summed E-state index contributed by atoms with van der Waals surface area (Å²) in [7, 11) is 1.65. The van der Waals surface area contributed by atoms with Crippen molar-refractivity contribution in [2.75, 3.05) is 20.3 Å². The second-order valence-corrected chi connectivity index (χ2v) is 6.81. The van der Waals surface area contributed by atoms with Crippen LogP contribution in [0.15, 0.2) is 51.7 Å². The highest BCUT2D eigenvalue weighted by Gasteiger charge is 2.12. The fourth-order valence-corrected chi connectivity index (χ4v) is 3.33. The number of hydrogen-bond acceptors (Lipinski definition) is 5. The van der Waals surface area contributed by atoms with Gasteiger partial charge in [0.1, 0.15) is 5.58 Å². The van der Waals surface area contributed by atoms with E-state index in [4.69, 9.17) is 13.9 Å². The maximum absolute atomic E-state index is 12.0. The SMILES string of the molecule is CCOc1ccc(CN(CC)Cc2cc(=O)oc3cc(C)ccc23)cc1OC. The standard InChI is InChI=1S/C23H27NO4/c1-5-24(14-17-8-10-20(27-6-2)22(12-17)26-4)15-18-13-23(25)28-21-11-16(3)7-9-19(18)21/h7-13H,5-6,14-15H2,1-4H3. The molecule has 0 aliphatic carbocycles. The van der Waals surface area contributed by atoms with Gasteiger partial charge in [0.2, 0.25) is 0 Å². The number of benzene rings is 2. The summed E-state index contributed by atoms with van der Waals surface area (Å²) in [6, 6.07) is 13.6. The van der Waals surface area contributed by atoms with Gasteiger partial charge in [-0.3, -0.25) is 4.90 Å². The molecular formula is C23H27NO4. The lowest BCUT2D eigenvalue weighted by molar-refractivity contribution is 0.270. The Balaban J connectivity index is 1.85. The molecule has 148 valence electrons. The van der Waals surface area contributed by atoms with Crippen molar-refractivity contribution in [1.29, 1.82) is 0 Å². The zero-order valence-corrected chi connectivity index (χ0v) is 17.0. The zero-order chi connectivity index (χ0) is 20.1. The van der Waals surface area contributed by atoms with Crippen LogP contribution in [-0.2, 0) is 13.1 Å². The molecule has 1 heterocycles. The van der Waals surface area contributed by atoms with Crippen LogP contribution in [0.5, 0.6) is 11.5 Å². The molecule has 28 heavy (non-hydrogen) atoms. The quantitative estimate of drug-likeness (QED) is 0.537. The molecule has 0 fully saturated rings. The van der Waals surface area contributed by atoms with Gasteiger partial charge in [0, 0.05) is 24.5 Å². The van der Waals surface area contributed by atoms with E-state index in [2.05, 4.69) is 17.9 Å². The van der Waals surface area contributed by atoms with Crippen LogP contribution in [0.1, 0.15) is 30.5 Å². The van der Waals surface area contributed by atoms with Crippen molar-refractivity contribution < 1.29 is 13.9 Å². The maximum atomic E-state index is 12.0. The summed E-state index contributed by atoms with van der Waals surface area (Å²) in [5, 5.41) is 0.980. The molecule has 5 heteroatoms. The van der Waals surface area contributed by atoms with E-state index in [0.29, 0.717) is 18.7 Å². The van der Waals surface area contributed by atoms with Crippen molar-refractivity contribution in [1.82, 2.24) is 4.90 Å². The van der Waals surface area contributed by atoms with E-state index in [-0.39, 0.29) is 5.63 Å². The minimum absolute atomic E-state index is 0.313. The topological polar surface area (TPSA) is 51.9 Å². The van der Waals surface area contributed by atoms with E-state index in [0.717, 1.165) is 46.7 Å². The van der Waals surface area contributed by atoms with Gasteiger partial charge in [0.05, 0.1) is 13.7 Å². The molecule has 0 unspecified atom stereocenters. The van der Waals surface area contributed by atoms with Gasteiger partial charge in [-0.1, -0.05) is 25.1 Å². The minimum Gasteiger partial charge on any atom is -0.493 e. The smallest absolute Gasteiger partial charge is 0.336 e. The van der Waals surface area contributed by atoms with E-state index in [1.54, 1.807) is 13.2 Å². The Bertz CT molecular complexity index is 1010. The molecule has 5 nitrogen and oxygen atoms in total. The molecular weight excluding hydrogens is 354 g/mol. The van der Waals surface area contributed by atoms with Crippen molar-refractivity contribution in [2.45, 2.75) is 33.9 Å². The lowest BCUT2D eigenvalue weighted by atomic mass is 10.1. The number of methoxy groups -OCH3 is 1. The Morgan fingerprint density at radius 3 is 2.54 bits per heavy atom. The van der Waals surface area contributed by atoms with E-state index in [1.807, 2.05) is 44.2 Å². The fraction of sp³-hybridized carbons (Fsp3) is 0.348. The van der Waals surface area contributed by atoms with E-state index >= 15 is 0 Å². The summed E-state index contributed by atoms with van der Waals surface area (Å²) in [6.07, 6.45) is 0. The Labute approximate surface area is 165 Å². The number of fused-ring (bicyclic) bond motifs is 1. The molecule has 3 aromatic rings. The average Bonchev–Trinajstić information content (AvgIpc) is 2.68. The first kappa shape index (κ1) is 20.0. The van der Waals surface area contributed by atoms with Gasteiger partial charge in [-0.25, -0.2) is 4.79 Å². The third-order valence-electron chi connectivity index (χ3n) is 4.76. The first-order valence-corrected chi connectivity index (χ1v) is 9.59. The maximum Gasteiger partial charge on any atom is 0.336 e. The van der Waals surface area contributed by atoms with Gasteiger partial charge in [0.25, 0.3) is 0 Å². The molecule has 0 amide bonds. The molecule has 0 spiro atoms. The molecule has 0 aliphatic rings. The molecule has 0 radical (unpaired) electrons. The van der Waals surface area contributed by atoms with Gasteiger partial charge >= 0.3 is 5.63 Å². The van der Waals surface area contributed by atoms with Crippen LogP contribution in [0.25, 0.3) is 11.0 Å². The summed E-state index contributed by atoms with van der Waals surface area (Å²) in [5.41, 5.74) is 3.51. The van der Waals surface area contributed by atoms with E-state index < -0.39 is 0 Å². The van der Waals surface area contributed by atoms with Crippen LogP contribution in [0.2, 0.25) is 0 Å². The highest BCUT2D eigenvalue weighted by Crippen LogP contribution is 2.29. The molecule has 1 aromatic heterocycles. The summed E-state index contributed by atoms with van der Waals surface area (Å²) < 4.78 is 16.4. The summed E-state index contributed by atoms with van der Waals surface area (Å²) in [5.74, 6) is 1.48. The van der Waals surface area contributed by atoms with Crippen LogP contribution in [-0.4, -0.2) is 25.2 Å². The Morgan fingerprint density at radius 2 is 1.82 bits per heavy atom. The Kier molecular flexibility index (Phi) is 6.37. The average molecular weight is 381 g/mol. The summed E-state index contributed by atoms with van der Waals surface area (Å²) in [6.45, 7) is 8.91. The molecule has 0 bridgehead atoms.